The molecule has 0 N–H and O–H groups in total. The van der Waals surface area contributed by atoms with Crippen LogP contribution in [0.3, 0.4) is 0 Å². The highest BCUT2D eigenvalue weighted by Crippen LogP contribution is 2.16. The third kappa shape index (κ3) is 3.70. The summed E-state index contributed by atoms with van der Waals surface area (Å²) >= 11 is 0. The summed E-state index contributed by atoms with van der Waals surface area (Å²) < 4.78 is 11.1. The Hall–Kier alpha value is -1.55. The molecule has 19 heavy (non-hydrogen) atoms. The summed E-state index contributed by atoms with van der Waals surface area (Å²) in [6.07, 6.45) is 0.269. The molecular formula is C15H21NO3. The Morgan fingerprint density at radius 2 is 1.95 bits per heavy atom. The average Bonchev–Trinajstić information content (AvgIpc) is 2.47. The number of nitrogens with zero attached hydrogens (tertiary/aromatic N) is 1. The van der Waals surface area contributed by atoms with Crippen LogP contribution in [0.15, 0.2) is 24.3 Å². The minimum Gasteiger partial charge on any atom is -0.481 e. The second kappa shape index (κ2) is 6.57. The Kier molecular flexibility index (Phi) is 4.80. The van der Waals surface area contributed by atoms with Gasteiger partial charge < -0.3 is 14.4 Å². The largest absolute Gasteiger partial charge is 0.481 e. The van der Waals surface area contributed by atoms with Gasteiger partial charge in [0.25, 0.3) is 5.91 Å². The number of rotatable bonds is 4. The predicted molar refractivity (Wildman–Crippen MR) is 73.3 cm³/mol. The molecule has 1 aliphatic heterocycles. The second-order valence-corrected chi connectivity index (χ2v) is 4.77. The predicted octanol–water partition coefficient (Wildman–Crippen LogP) is 2.01. The van der Waals surface area contributed by atoms with Crippen molar-refractivity contribution in [2.45, 2.75) is 26.4 Å². The van der Waals surface area contributed by atoms with Gasteiger partial charge >= 0.3 is 0 Å². The fourth-order valence-electron chi connectivity index (χ4n) is 2.08. The van der Waals surface area contributed by atoms with Gasteiger partial charge in [-0.3, -0.25) is 4.79 Å². The lowest BCUT2D eigenvalue weighted by molar-refractivity contribution is -0.142. The second-order valence-electron chi connectivity index (χ2n) is 4.77. The number of hydrogen-bond donors (Lipinski definition) is 0. The highest BCUT2D eigenvalue weighted by atomic mass is 16.5. The Balaban J connectivity index is 1.98. The summed E-state index contributed by atoms with van der Waals surface area (Å²) in [4.78, 5) is 14.2. The molecule has 1 fully saturated rings. The van der Waals surface area contributed by atoms with E-state index >= 15 is 0 Å². The molecule has 4 heteroatoms. The molecule has 1 heterocycles. The van der Waals surface area contributed by atoms with E-state index in [-0.39, 0.29) is 5.91 Å². The Labute approximate surface area is 114 Å². The van der Waals surface area contributed by atoms with E-state index in [2.05, 4.69) is 0 Å². The summed E-state index contributed by atoms with van der Waals surface area (Å²) in [7, 11) is 0. The molecule has 4 nitrogen and oxygen atoms in total. The number of hydrogen-bond acceptors (Lipinski definition) is 3. The van der Waals surface area contributed by atoms with Crippen LogP contribution in [0.4, 0.5) is 0 Å². The van der Waals surface area contributed by atoms with Crippen molar-refractivity contribution in [3.63, 3.8) is 0 Å². The number of carbonyl (C=O) groups excluding carboxylic acids is 1. The van der Waals surface area contributed by atoms with Crippen LogP contribution in [-0.4, -0.2) is 43.2 Å². The summed E-state index contributed by atoms with van der Waals surface area (Å²) in [5, 5.41) is 0. The molecule has 1 saturated heterocycles. The van der Waals surface area contributed by atoms with Crippen molar-refractivity contribution in [3.05, 3.63) is 29.8 Å². The van der Waals surface area contributed by atoms with Crippen LogP contribution in [0.1, 0.15) is 18.9 Å². The van der Waals surface area contributed by atoms with Gasteiger partial charge in [-0.15, -0.1) is 0 Å². The molecule has 1 aromatic rings. The van der Waals surface area contributed by atoms with E-state index < -0.39 is 6.10 Å². The van der Waals surface area contributed by atoms with Crippen LogP contribution in [0.25, 0.3) is 0 Å². The zero-order chi connectivity index (χ0) is 13.7. The highest BCUT2D eigenvalue weighted by molar-refractivity contribution is 5.81. The first kappa shape index (κ1) is 13.9. The fraction of sp³-hybridized carbons (Fsp3) is 0.533. The van der Waals surface area contributed by atoms with Crippen LogP contribution in [0.2, 0.25) is 0 Å². The van der Waals surface area contributed by atoms with Crippen molar-refractivity contribution >= 4 is 5.91 Å². The Morgan fingerprint density at radius 3 is 2.53 bits per heavy atom. The molecular weight excluding hydrogens is 242 g/mol. The molecule has 0 aliphatic carbocycles. The number of benzene rings is 1. The maximum Gasteiger partial charge on any atom is 0.263 e. The summed E-state index contributed by atoms with van der Waals surface area (Å²) in [5.74, 6) is 0.811. The quantitative estimate of drug-likeness (QED) is 0.834. The van der Waals surface area contributed by atoms with Crippen molar-refractivity contribution in [2.24, 2.45) is 0 Å². The lowest BCUT2D eigenvalue weighted by Gasteiger charge is -2.30. The molecule has 0 bridgehead atoms. The van der Waals surface area contributed by atoms with Gasteiger partial charge in [0, 0.05) is 13.1 Å². The lowest BCUT2D eigenvalue weighted by Crippen LogP contribution is -2.47. The van der Waals surface area contributed by atoms with Crippen LogP contribution >= 0.6 is 0 Å². The van der Waals surface area contributed by atoms with Gasteiger partial charge in [-0.2, -0.15) is 0 Å². The molecule has 0 unspecified atom stereocenters. The molecule has 1 aliphatic rings. The van der Waals surface area contributed by atoms with Gasteiger partial charge in [0.2, 0.25) is 0 Å². The van der Waals surface area contributed by atoms with Gasteiger partial charge in [-0.05, 0) is 25.5 Å². The third-order valence-electron chi connectivity index (χ3n) is 3.27. The molecule has 0 aromatic heterocycles. The van der Waals surface area contributed by atoms with E-state index in [4.69, 9.17) is 9.47 Å². The van der Waals surface area contributed by atoms with Crippen molar-refractivity contribution in [1.29, 1.82) is 0 Å². The first-order chi connectivity index (χ1) is 9.20. The number of aryl methyl sites for hydroxylation is 1. The fourth-order valence-corrected chi connectivity index (χ4v) is 2.08. The van der Waals surface area contributed by atoms with Crippen molar-refractivity contribution < 1.29 is 14.3 Å². The first-order valence-corrected chi connectivity index (χ1v) is 6.80. The van der Waals surface area contributed by atoms with Gasteiger partial charge in [-0.1, -0.05) is 24.6 Å². The Bertz CT molecular complexity index is 410. The van der Waals surface area contributed by atoms with E-state index in [1.807, 2.05) is 43.0 Å². The third-order valence-corrected chi connectivity index (χ3v) is 3.27. The summed E-state index contributed by atoms with van der Waals surface area (Å²) in [5.41, 5.74) is 1.18. The molecule has 1 aromatic carbocycles. The van der Waals surface area contributed by atoms with E-state index in [9.17, 15) is 4.79 Å². The number of carbonyl (C=O) groups is 1. The zero-order valence-corrected chi connectivity index (χ0v) is 11.6. The highest BCUT2D eigenvalue weighted by Gasteiger charge is 2.25. The van der Waals surface area contributed by atoms with E-state index in [1.165, 1.54) is 5.56 Å². The topological polar surface area (TPSA) is 38.8 Å². The number of ether oxygens (including phenoxy) is 2. The van der Waals surface area contributed by atoms with Crippen LogP contribution in [0, 0.1) is 6.92 Å². The van der Waals surface area contributed by atoms with Crippen LogP contribution in [-0.2, 0) is 9.53 Å². The molecule has 0 radical (unpaired) electrons. The van der Waals surface area contributed by atoms with Gasteiger partial charge in [0.05, 0.1) is 13.2 Å². The molecule has 0 saturated carbocycles. The van der Waals surface area contributed by atoms with E-state index in [1.54, 1.807) is 0 Å². The zero-order valence-electron chi connectivity index (χ0n) is 11.6. The Morgan fingerprint density at radius 1 is 1.32 bits per heavy atom. The van der Waals surface area contributed by atoms with Crippen molar-refractivity contribution in [2.75, 3.05) is 26.3 Å². The smallest absolute Gasteiger partial charge is 0.263 e. The SMILES string of the molecule is CC[C@@H](Oc1ccc(C)cc1)C(=O)N1CCOCC1. The molecule has 1 atom stereocenters. The van der Waals surface area contributed by atoms with Gasteiger partial charge in [-0.25, -0.2) is 0 Å². The van der Waals surface area contributed by atoms with Gasteiger partial charge in [0.15, 0.2) is 6.10 Å². The normalized spacial score (nSPS) is 17.1. The maximum atomic E-state index is 12.3. The minimum absolute atomic E-state index is 0.0615. The van der Waals surface area contributed by atoms with Crippen LogP contribution in [0.5, 0.6) is 5.75 Å². The van der Waals surface area contributed by atoms with E-state index in [0.717, 1.165) is 5.75 Å². The standard InChI is InChI=1S/C15H21NO3/c1-3-14(15(17)16-8-10-18-11-9-16)19-13-6-4-12(2)5-7-13/h4-7,14H,3,8-11H2,1-2H3/t14-/m1/s1. The first-order valence-electron chi connectivity index (χ1n) is 6.80. The number of morpholine rings is 1. The molecule has 2 rings (SSSR count). The molecule has 104 valence electrons. The van der Waals surface area contributed by atoms with Crippen molar-refractivity contribution in [3.8, 4) is 5.75 Å². The minimum atomic E-state index is -0.402. The monoisotopic (exact) mass is 263 g/mol. The summed E-state index contributed by atoms with van der Waals surface area (Å²) in [6.45, 7) is 6.55. The average molecular weight is 263 g/mol. The maximum absolute atomic E-state index is 12.3. The van der Waals surface area contributed by atoms with Crippen molar-refractivity contribution in [1.82, 2.24) is 4.90 Å². The van der Waals surface area contributed by atoms with Gasteiger partial charge in [0.1, 0.15) is 5.75 Å². The lowest BCUT2D eigenvalue weighted by atomic mass is 10.2. The van der Waals surface area contributed by atoms with Crippen LogP contribution < -0.4 is 4.74 Å². The molecule has 0 spiro atoms. The molecule has 1 amide bonds. The van der Waals surface area contributed by atoms with E-state index in [0.29, 0.717) is 32.7 Å². The summed E-state index contributed by atoms with van der Waals surface area (Å²) in [6, 6.07) is 7.79. The number of amides is 1.